The van der Waals surface area contributed by atoms with Gasteiger partial charge in [0.25, 0.3) is 0 Å². The molecule has 2 N–H and O–H groups in total. The lowest BCUT2D eigenvalue weighted by molar-refractivity contribution is 0.153. The Kier molecular flexibility index (Phi) is 2.69. The first-order chi connectivity index (χ1) is 6.29. The standard InChI is InChI=1S/C9H10ClNOS/c10-9-6(3-5-13-9)8(12)7-2-1-4-11-7/h1-3,5,7-8,11-12H,4H2. The van der Waals surface area contributed by atoms with Gasteiger partial charge in [-0.25, -0.2) is 0 Å². The quantitative estimate of drug-likeness (QED) is 0.740. The van der Waals surface area contributed by atoms with Gasteiger partial charge in [0, 0.05) is 12.1 Å². The largest absolute Gasteiger partial charge is 0.386 e. The summed E-state index contributed by atoms with van der Waals surface area (Å²) < 4.78 is 0.676. The van der Waals surface area contributed by atoms with Gasteiger partial charge < -0.3 is 10.4 Å². The lowest BCUT2D eigenvalue weighted by Gasteiger charge is -2.16. The van der Waals surface area contributed by atoms with Crippen LogP contribution in [0.1, 0.15) is 11.7 Å². The highest BCUT2D eigenvalue weighted by atomic mass is 35.5. The topological polar surface area (TPSA) is 32.3 Å². The van der Waals surface area contributed by atoms with E-state index in [1.165, 1.54) is 11.3 Å². The van der Waals surface area contributed by atoms with Gasteiger partial charge in [-0.15, -0.1) is 11.3 Å². The van der Waals surface area contributed by atoms with Crippen molar-refractivity contribution in [2.24, 2.45) is 0 Å². The summed E-state index contributed by atoms with van der Waals surface area (Å²) in [5.41, 5.74) is 0.815. The van der Waals surface area contributed by atoms with Crippen LogP contribution in [0.3, 0.4) is 0 Å². The van der Waals surface area contributed by atoms with Gasteiger partial charge in [-0.2, -0.15) is 0 Å². The van der Waals surface area contributed by atoms with Crippen molar-refractivity contribution in [3.8, 4) is 0 Å². The summed E-state index contributed by atoms with van der Waals surface area (Å²) in [7, 11) is 0. The van der Waals surface area contributed by atoms with E-state index in [9.17, 15) is 5.11 Å². The van der Waals surface area contributed by atoms with E-state index in [1.807, 2.05) is 23.6 Å². The lowest BCUT2D eigenvalue weighted by atomic mass is 10.1. The fourth-order valence-electron chi connectivity index (χ4n) is 1.41. The van der Waals surface area contributed by atoms with Gasteiger partial charge >= 0.3 is 0 Å². The molecule has 0 amide bonds. The Bertz CT molecular complexity index is 323. The molecule has 2 nitrogen and oxygen atoms in total. The van der Waals surface area contributed by atoms with Crippen molar-refractivity contribution in [2.45, 2.75) is 12.1 Å². The number of nitrogens with one attached hydrogen (secondary N) is 1. The summed E-state index contributed by atoms with van der Waals surface area (Å²) >= 11 is 7.36. The zero-order valence-electron chi connectivity index (χ0n) is 6.90. The summed E-state index contributed by atoms with van der Waals surface area (Å²) in [6.45, 7) is 0.823. The molecule has 0 bridgehead atoms. The van der Waals surface area contributed by atoms with E-state index in [0.717, 1.165) is 12.1 Å². The van der Waals surface area contributed by atoms with E-state index >= 15 is 0 Å². The second-order valence-electron chi connectivity index (χ2n) is 2.96. The van der Waals surface area contributed by atoms with Crippen molar-refractivity contribution in [3.63, 3.8) is 0 Å². The van der Waals surface area contributed by atoms with Crippen LogP contribution >= 0.6 is 22.9 Å². The maximum Gasteiger partial charge on any atom is 0.100 e. The molecule has 2 atom stereocenters. The Hall–Kier alpha value is -0.350. The Labute approximate surface area is 85.8 Å². The monoisotopic (exact) mass is 215 g/mol. The van der Waals surface area contributed by atoms with E-state index in [-0.39, 0.29) is 6.04 Å². The first kappa shape index (κ1) is 9.21. The molecule has 1 aromatic heterocycles. The minimum absolute atomic E-state index is 0.00657. The molecule has 2 unspecified atom stereocenters. The molecule has 13 heavy (non-hydrogen) atoms. The van der Waals surface area contributed by atoms with Crippen molar-refractivity contribution < 1.29 is 5.11 Å². The first-order valence-corrected chi connectivity index (χ1v) is 5.36. The van der Waals surface area contributed by atoms with Crippen LogP contribution in [0.15, 0.2) is 23.6 Å². The molecular weight excluding hydrogens is 206 g/mol. The first-order valence-electron chi connectivity index (χ1n) is 4.10. The average Bonchev–Trinajstić information content (AvgIpc) is 2.72. The van der Waals surface area contributed by atoms with Crippen LogP contribution in [0.2, 0.25) is 4.34 Å². The smallest absolute Gasteiger partial charge is 0.100 e. The van der Waals surface area contributed by atoms with Crippen LogP contribution in [0, 0.1) is 0 Å². The molecule has 0 fully saturated rings. The molecule has 0 spiro atoms. The minimum Gasteiger partial charge on any atom is -0.386 e. The van der Waals surface area contributed by atoms with Gasteiger partial charge in [-0.1, -0.05) is 23.8 Å². The Morgan fingerprint density at radius 2 is 2.54 bits per heavy atom. The van der Waals surface area contributed by atoms with E-state index in [2.05, 4.69) is 5.32 Å². The second-order valence-corrected chi connectivity index (χ2v) is 4.47. The summed E-state index contributed by atoms with van der Waals surface area (Å²) in [6.07, 6.45) is 3.45. The van der Waals surface area contributed by atoms with Crippen LogP contribution in [0.5, 0.6) is 0 Å². The second kappa shape index (κ2) is 3.80. The highest BCUT2D eigenvalue weighted by Crippen LogP contribution is 2.30. The maximum absolute atomic E-state index is 9.90. The average molecular weight is 216 g/mol. The zero-order valence-corrected chi connectivity index (χ0v) is 8.48. The molecule has 2 heterocycles. The SMILES string of the molecule is OC(c1ccsc1Cl)C1C=CCN1. The number of hydrogen-bond donors (Lipinski definition) is 2. The molecule has 1 aliphatic heterocycles. The third kappa shape index (κ3) is 1.79. The number of halogens is 1. The van der Waals surface area contributed by atoms with Gasteiger partial charge in [0.1, 0.15) is 6.10 Å². The van der Waals surface area contributed by atoms with Gasteiger partial charge in [0.15, 0.2) is 0 Å². The molecule has 0 saturated carbocycles. The van der Waals surface area contributed by atoms with E-state index in [4.69, 9.17) is 11.6 Å². The van der Waals surface area contributed by atoms with Crippen LogP contribution < -0.4 is 5.32 Å². The van der Waals surface area contributed by atoms with Gasteiger partial charge in [0.2, 0.25) is 0 Å². The fourth-order valence-corrected chi connectivity index (χ4v) is 2.40. The van der Waals surface area contributed by atoms with Crippen molar-refractivity contribution in [1.82, 2.24) is 5.32 Å². The number of aliphatic hydroxyl groups is 1. The molecule has 2 rings (SSSR count). The summed E-state index contributed by atoms with van der Waals surface area (Å²) in [5, 5.41) is 14.9. The van der Waals surface area contributed by atoms with Gasteiger partial charge in [0.05, 0.1) is 10.4 Å². The lowest BCUT2D eigenvalue weighted by Crippen LogP contribution is -2.28. The number of aliphatic hydroxyl groups excluding tert-OH is 1. The maximum atomic E-state index is 9.90. The molecular formula is C9H10ClNOS. The molecule has 1 aliphatic rings. The van der Waals surface area contributed by atoms with E-state index in [0.29, 0.717) is 4.34 Å². The Morgan fingerprint density at radius 3 is 3.08 bits per heavy atom. The molecule has 0 radical (unpaired) electrons. The summed E-state index contributed by atoms with van der Waals surface area (Å²) in [6, 6.07) is 1.87. The molecule has 0 aromatic carbocycles. The highest BCUT2D eigenvalue weighted by molar-refractivity contribution is 7.14. The molecule has 1 aromatic rings. The van der Waals surface area contributed by atoms with Crippen LogP contribution in [0.4, 0.5) is 0 Å². The van der Waals surface area contributed by atoms with Crippen molar-refractivity contribution in [2.75, 3.05) is 6.54 Å². The van der Waals surface area contributed by atoms with Crippen molar-refractivity contribution >= 4 is 22.9 Å². The van der Waals surface area contributed by atoms with Crippen molar-refractivity contribution in [1.29, 1.82) is 0 Å². The fraction of sp³-hybridized carbons (Fsp3) is 0.333. The van der Waals surface area contributed by atoms with Crippen LogP contribution in [0.25, 0.3) is 0 Å². The minimum atomic E-state index is -0.530. The third-order valence-corrected chi connectivity index (χ3v) is 3.32. The number of thiophene rings is 1. The predicted molar refractivity (Wildman–Crippen MR) is 55.2 cm³/mol. The Morgan fingerprint density at radius 1 is 1.69 bits per heavy atom. The van der Waals surface area contributed by atoms with Crippen LogP contribution in [-0.2, 0) is 0 Å². The summed E-state index contributed by atoms with van der Waals surface area (Å²) in [5.74, 6) is 0. The number of rotatable bonds is 2. The highest BCUT2D eigenvalue weighted by Gasteiger charge is 2.22. The number of hydrogen-bond acceptors (Lipinski definition) is 3. The third-order valence-electron chi connectivity index (χ3n) is 2.12. The van der Waals surface area contributed by atoms with Gasteiger partial charge in [-0.3, -0.25) is 0 Å². The normalized spacial score (nSPS) is 23.7. The molecule has 0 aliphatic carbocycles. The molecule has 70 valence electrons. The van der Waals surface area contributed by atoms with Crippen LogP contribution in [-0.4, -0.2) is 17.7 Å². The van der Waals surface area contributed by atoms with Gasteiger partial charge in [-0.05, 0) is 11.4 Å². The Balaban J connectivity index is 2.17. The predicted octanol–water partition coefficient (Wildman–Crippen LogP) is 1.96. The molecule has 0 saturated heterocycles. The van der Waals surface area contributed by atoms with E-state index < -0.39 is 6.10 Å². The van der Waals surface area contributed by atoms with Crippen molar-refractivity contribution in [3.05, 3.63) is 33.5 Å². The molecule has 4 heteroatoms. The summed E-state index contributed by atoms with van der Waals surface area (Å²) in [4.78, 5) is 0. The van der Waals surface area contributed by atoms with E-state index in [1.54, 1.807) is 0 Å². The zero-order chi connectivity index (χ0) is 9.26.